The minimum Gasteiger partial charge on any atom is -0.375 e. The summed E-state index contributed by atoms with van der Waals surface area (Å²) in [6.45, 7) is 0. The molecule has 0 radical (unpaired) electrons. The number of allylic oxidation sites excluding steroid dienone is 2. The van der Waals surface area contributed by atoms with E-state index in [1.807, 2.05) is 11.5 Å². The van der Waals surface area contributed by atoms with E-state index in [0.717, 1.165) is 10.2 Å². The molecule has 13 heavy (non-hydrogen) atoms. The van der Waals surface area contributed by atoms with Crippen molar-refractivity contribution in [2.75, 3.05) is 5.73 Å². The van der Waals surface area contributed by atoms with Crippen LogP contribution in [0.5, 0.6) is 0 Å². The average molecular weight is 275 g/mol. The molecule has 1 aliphatic rings. The van der Waals surface area contributed by atoms with Crippen molar-refractivity contribution in [3.63, 3.8) is 0 Å². The van der Waals surface area contributed by atoms with Gasteiger partial charge >= 0.3 is 0 Å². The lowest BCUT2D eigenvalue weighted by Gasteiger charge is -2.10. The molecule has 5 heteroatoms. The third kappa shape index (κ3) is 2.15. The number of rotatable bonds is 1. The first kappa shape index (κ1) is 9.30. The summed E-state index contributed by atoms with van der Waals surface area (Å²) in [5, 5.41) is 5.03. The van der Waals surface area contributed by atoms with E-state index in [9.17, 15) is 0 Å². The summed E-state index contributed by atoms with van der Waals surface area (Å²) in [6.07, 6.45) is 4.15. The Hall–Kier alpha value is -0.260. The molecule has 1 aromatic rings. The molecule has 2 nitrogen and oxygen atoms in total. The highest BCUT2D eigenvalue weighted by Gasteiger charge is 2.13. The Balaban J connectivity index is 2.17. The van der Waals surface area contributed by atoms with Crippen LogP contribution in [0.15, 0.2) is 27.4 Å². The molecular weight excluding hydrogens is 268 g/mol. The Morgan fingerprint density at radius 1 is 1.54 bits per heavy atom. The van der Waals surface area contributed by atoms with Gasteiger partial charge in [-0.3, -0.25) is 0 Å². The molecule has 0 saturated carbocycles. The van der Waals surface area contributed by atoms with Crippen LogP contribution in [0, 0.1) is 0 Å². The fourth-order valence-corrected chi connectivity index (χ4v) is 2.95. The standard InChI is InChI=1S/C8H7BrN2S2/c9-5-1-2-7(12-3-5)6-4-13-8(10)11-6/h1-4,7H,(H2,10,11). The topological polar surface area (TPSA) is 38.9 Å². The van der Waals surface area contributed by atoms with Crippen molar-refractivity contribution in [1.29, 1.82) is 0 Å². The zero-order chi connectivity index (χ0) is 9.26. The van der Waals surface area contributed by atoms with Crippen molar-refractivity contribution in [1.82, 2.24) is 4.98 Å². The number of thiazole rings is 1. The SMILES string of the molecule is Nc1nc(C2C=CC(Br)=CS2)cs1. The molecule has 0 aliphatic carbocycles. The van der Waals surface area contributed by atoms with Crippen LogP contribution in [0.2, 0.25) is 0 Å². The number of hydrogen-bond acceptors (Lipinski definition) is 4. The summed E-state index contributed by atoms with van der Waals surface area (Å²) in [7, 11) is 0. The molecule has 0 fully saturated rings. The molecule has 0 bridgehead atoms. The van der Waals surface area contributed by atoms with Gasteiger partial charge in [-0.05, 0) is 11.5 Å². The first-order valence-electron chi connectivity index (χ1n) is 3.66. The predicted octanol–water partition coefficient (Wildman–Crippen LogP) is 3.31. The molecule has 1 atom stereocenters. The van der Waals surface area contributed by atoms with Crippen molar-refractivity contribution in [3.8, 4) is 0 Å². The molecule has 68 valence electrons. The van der Waals surface area contributed by atoms with Crippen molar-refractivity contribution < 1.29 is 0 Å². The van der Waals surface area contributed by atoms with E-state index in [0.29, 0.717) is 10.4 Å². The van der Waals surface area contributed by atoms with Gasteiger partial charge < -0.3 is 5.73 Å². The summed E-state index contributed by atoms with van der Waals surface area (Å²) in [5.41, 5.74) is 6.60. The van der Waals surface area contributed by atoms with Crippen molar-refractivity contribution >= 4 is 44.2 Å². The maximum Gasteiger partial charge on any atom is 0.180 e. The lowest BCUT2D eigenvalue weighted by atomic mass is 10.3. The van der Waals surface area contributed by atoms with Gasteiger partial charge in [0.25, 0.3) is 0 Å². The largest absolute Gasteiger partial charge is 0.375 e. The monoisotopic (exact) mass is 274 g/mol. The summed E-state index contributed by atoms with van der Waals surface area (Å²) in [4.78, 5) is 4.24. The minimum absolute atomic E-state index is 0.315. The van der Waals surface area contributed by atoms with E-state index in [-0.39, 0.29) is 0 Å². The van der Waals surface area contributed by atoms with Gasteiger partial charge in [0.05, 0.1) is 10.9 Å². The Morgan fingerprint density at radius 2 is 2.38 bits per heavy atom. The second-order valence-corrected chi connectivity index (χ2v) is 5.35. The van der Waals surface area contributed by atoms with Crippen LogP contribution in [-0.2, 0) is 0 Å². The number of nitrogens with two attached hydrogens (primary N) is 1. The smallest absolute Gasteiger partial charge is 0.180 e. The van der Waals surface area contributed by atoms with Crippen molar-refractivity contribution in [3.05, 3.63) is 33.1 Å². The van der Waals surface area contributed by atoms with Crippen LogP contribution in [0.4, 0.5) is 5.13 Å². The van der Waals surface area contributed by atoms with E-state index in [4.69, 9.17) is 5.73 Å². The highest BCUT2D eigenvalue weighted by molar-refractivity contribution is 9.12. The fourth-order valence-electron chi connectivity index (χ4n) is 1.00. The number of thioether (sulfide) groups is 1. The second-order valence-electron chi connectivity index (χ2n) is 2.53. The maximum absolute atomic E-state index is 5.56. The van der Waals surface area contributed by atoms with E-state index in [1.165, 1.54) is 11.3 Å². The molecular formula is C8H7BrN2S2. The summed E-state index contributed by atoms with van der Waals surface area (Å²) >= 11 is 6.62. The zero-order valence-electron chi connectivity index (χ0n) is 6.61. The molecule has 0 aromatic carbocycles. The van der Waals surface area contributed by atoms with Crippen molar-refractivity contribution in [2.24, 2.45) is 0 Å². The van der Waals surface area contributed by atoms with Gasteiger partial charge in [-0.25, -0.2) is 4.98 Å². The Kier molecular flexibility index (Phi) is 2.76. The molecule has 0 spiro atoms. The second kappa shape index (κ2) is 3.86. The van der Waals surface area contributed by atoms with Gasteiger partial charge in [-0.15, -0.1) is 23.1 Å². The highest BCUT2D eigenvalue weighted by Crippen LogP contribution is 2.37. The van der Waals surface area contributed by atoms with Crippen LogP contribution in [0.3, 0.4) is 0 Å². The molecule has 1 aliphatic heterocycles. The summed E-state index contributed by atoms with van der Waals surface area (Å²) in [5.74, 6) is 0. The van der Waals surface area contributed by atoms with Crippen LogP contribution < -0.4 is 5.73 Å². The van der Waals surface area contributed by atoms with Gasteiger partial charge in [-0.2, -0.15) is 0 Å². The molecule has 1 aromatic heterocycles. The third-order valence-corrected chi connectivity index (χ3v) is 4.16. The Morgan fingerprint density at radius 3 is 2.92 bits per heavy atom. The highest BCUT2D eigenvalue weighted by atomic mass is 79.9. The number of nitrogen functional groups attached to an aromatic ring is 1. The summed E-state index contributed by atoms with van der Waals surface area (Å²) < 4.78 is 1.11. The molecule has 2 heterocycles. The lowest BCUT2D eigenvalue weighted by Crippen LogP contribution is -1.93. The lowest BCUT2D eigenvalue weighted by molar-refractivity contribution is 1.13. The average Bonchev–Trinajstić information content (AvgIpc) is 2.53. The fraction of sp³-hybridized carbons (Fsp3) is 0.125. The quantitative estimate of drug-likeness (QED) is 0.854. The van der Waals surface area contributed by atoms with Gasteiger partial charge in [0.15, 0.2) is 5.13 Å². The van der Waals surface area contributed by atoms with Crippen LogP contribution in [0.1, 0.15) is 10.9 Å². The van der Waals surface area contributed by atoms with Gasteiger partial charge in [0, 0.05) is 9.86 Å². The molecule has 1 unspecified atom stereocenters. The van der Waals surface area contributed by atoms with Gasteiger partial charge in [-0.1, -0.05) is 22.0 Å². The minimum atomic E-state index is 0.315. The van der Waals surface area contributed by atoms with Gasteiger partial charge in [0.1, 0.15) is 0 Å². The number of aromatic nitrogens is 1. The zero-order valence-corrected chi connectivity index (χ0v) is 9.82. The number of anilines is 1. The van der Waals surface area contributed by atoms with E-state index in [1.54, 1.807) is 11.8 Å². The molecule has 0 amide bonds. The maximum atomic E-state index is 5.56. The van der Waals surface area contributed by atoms with Gasteiger partial charge in [0.2, 0.25) is 0 Å². The Bertz CT molecular complexity index is 370. The number of hydrogen-bond donors (Lipinski definition) is 1. The Labute approximate surface area is 93.1 Å². The number of halogens is 1. The van der Waals surface area contributed by atoms with E-state index in [2.05, 4.69) is 32.4 Å². The van der Waals surface area contributed by atoms with Crippen molar-refractivity contribution in [2.45, 2.75) is 5.25 Å². The van der Waals surface area contributed by atoms with Crippen LogP contribution in [-0.4, -0.2) is 4.98 Å². The van der Waals surface area contributed by atoms with Crippen LogP contribution in [0.25, 0.3) is 0 Å². The van der Waals surface area contributed by atoms with E-state index < -0.39 is 0 Å². The number of nitrogens with zero attached hydrogens (tertiary/aromatic N) is 1. The first-order chi connectivity index (χ1) is 6.25. The first-order valence-corrected chi connectivity index (χ1v) is 6.27. The summed E-state index contributed by atoms with van der Waals surface area (Å²) in [6, 6.07) is 0. The molecule has 2 N–H and O–H groups in total. The molecule has 2 rings (SSSR count). The van der Waals surface area contributed by atoms with Crippen LogP contribution >= 0.6 is 39.0 Å². The predicted molar refractivity (Wildman–Crippen MR) is 63.0 cm³/mol. The third-order valence-electron chi connectivity index (χ3n) is 1.59. The molecule has 0 saturated heterocycles. The normalized spacial score (nSPS) is 21.6. The van der Waals surface area contributed by atoms with E-state index >= 15 is 0 Å².